The van der Waals surface area contributed by atoms with Crippen LogP contribution in [0.15, 0.2) is 23.3 Å². The molecule has 0 saturated carbocycles. The maximum Gasteiger partial charge on any atom is 0.150 e. The van der Waals surface area contributed by atoms with E-state index < -0.39 is 0 Å². The Morgan fingerprint density at radius 3 is 2.24 bits per heavy atom. The molecule has 0 radical (unpaired) electrons. The van der Waals surface area contributed by atoms with E-state index in [0.29, 0.717) is 11.6 Å². The largest absolute Gasteiger partial charge is 0.326 e. The number of nitrogens with zero attached hydrogens (tertiary/aromatic N) is 2. The van der Waals surface area contributed by atoms with E-state index in [1.165, 1.54) is 64.2 Å². The summed E-state index contributed by atoms with van der Waals surface area (Å²) in [6.07, 6.45) is 15.6. The molecule has 162 valence electrons. The zero-order valence-electron chi connectivity index (χ0n) is 17.8. The number of hydrogen-bond acceptors (Lipinski definition) is 5. The Bertz CT molecular complexity index is 650. The minimum Gasteiger partial charge on any atom is -0.326 e. The molecule has 0 aromatic heterocycles. The van der Waals surface area contributed by atoms with E-state index in [2.05, 4.69) is 22.4 Å². The van der Waals surface area contributed by atoms with E-state index in [1.807, 2.05) is 18.2 Å². The third kappa shape index (κ3) is 7.88. The van der Waals surface area contributed by atoms with Crippen molar-refractivity contribution in [2.45, 2.75) is 96.7 Å². The lowest BCUT2D eigenvalue weighted by Gasteiger charge is -2.25. The normalized spacial score (nSPS) is 16.0. The summed E-state index contributed by atoms with van der Waals surface area (Å²) in [6, 6.07) is 5.98. The molecule has 3 N–H and O–H groups in total. The predicted octanol–water partition coefficient (Wildman–Crippen LogP) is 6.55. The van der Waals surface area contributed by atoms with Crippen molar-refractivity contribution in [3.8, 4) is 0 Å². The van der Waals surface area contributed by atoms with E-state index in [1.54, 1.807) is 5.37 Å². The smallest absolute Gasteiger partial charge is 0.150 e. The molecule has 0 fully saturated rings. The van der Waals surface area contributed by atoms with Crippen LogP contribution in [0.3, 0.4) is 0 Å². The number of anilines is 1. The fourth-order valence-corrected chi connectivity index (χ4v) is 4.22. The van der Waals surface area contributed by atoms with Crippen molar-refractivity contribution in [1.82, 2.24) is 5.43 Å². The number of rotatable bonds is 15. The average molecular weight is 437 g/mol. The van der Waals surface area contributed by atoms with Crippen LogP contribution in [0.5, 0.6) is 0 Å². The highest BCUT2D eigenvalue weighted by Crippen LogP contribution is 2.27. The number of halogens is 1. The average Bonchev–Trinajstić information content (AvgIpc) is 3.14. The molecule has 0 spiro atoms. The maximum atomic E-state index is 6.37. The molecule has 4 nitrogen and oxygen atoms in total. The van der Waals surface area contributed by atoms with Gasteiger partial charge >= 0.3 is 0 Å². The first kappa shape index (κ1) is 24.1. The van der Waals surface area contributed by atoms with Gasteiger partial charge in [-0.05, 0) is 24.1 Å². The summed E-state index contributed by atoms with van der Waals surface area (Å²) in [7, 11) is 0. The third-order valence-corrected chi connectivity index (χ3v) is 6.16. The monoisotopic (exact) mass is 436 g/mol. The zero-order chi connectivity index (χ0) is 20.9. The van der Waals surface area contributed by atoms with Crippen molar-refractivity contribution < 1.29 is 0 Å². The summed E-state index contributed by atoms with van der Waals surface area (Å²) < 4.78 is 0. The number of hydrazone groups is 1. The SMILES string of the molecule is CCCCCCCCCCCCCC1=NNC(C=S)N1c1ccc(CN)c(Cl)c1. The van der Waals surface area contributed by atoms with Crippen LogP contribution in [0.2, 0.25) is 5.02 Å². The molecule has 1 aromatic rings. The highest BCUT2D eigenvalue weighted by molar-refractivity contribution is 7.79. The van der Waals surface area contributed by atoms with Crippen LogP contribution in [0, 0.1) is 0 Å². The van der Waals surface area contributed by atoms with Crippen molar-refractivity contribution in [1.29, 1.82) is 0 Å². The van der Waals surface area contributed by atoms with E-state index >= 15 is 0 Å². The van der Waals surface area contributed by atoms with Crippen molar-refractivity contribution in [2.24, 2.45) is 10.8 Å². The van der Waals surface area contributed by atoms with Crippen molar-refractivity contribution in [3.63, 3.8) is 0 Å². The minimum atomic E-state index is -0.104. The van der Waals surface area contributed by atoms with Gasteiger partial charge in [-0.3, -0.25) is 5.43 Å². The van der Waals surface area contributed by atoms with E-state index in [-0.39, 0.29) is 6.17 Å². The van der Waals surface area contributed by atoms with Crippen LogP contribution >= 0.6 is 23.8 Å². The van der Waals surface area contributed by atoms with Crippen LogP contribution in [0.1, 0.15) is 89.5 Å². The second-order valence-corrected chi connectivity index (χ2v) is 8.55. The van der Waals surface area contributed by atoms with Crippen LogP contribution in [0.4, 0.5) is 5.69 Å². The van der Waals surface area contributed by atoms with Gasteiger partial charge in [0.25, 0.3) is 0 Å². The quantitative estimate of drug-likeness (QED) is 0.242. The zero-order valence-corrected chi connectivity index (χ0v) is 19.4. The van der Waals surface area contributed by atoms with E-state index in [9.17, 15) is 0 Å². The van der Waals surface area contributed by atoms with Gasteiger partial charge in [0.1, 0.15) is 12.0 Å². The van der Waals surface area contributed by atoms with Crippen LogP contribution in [0.25, 0.3) is 0 Å². The molecule has 1 heterocycles. The fourth-order valence-electron chi connectivity index (χ4n) is 3.79. The topological polar surface area (TPSA) is 53.7 Å². The molecule has 1 aliphatic heterocycles. The van der Waals surface area contributed by atoms with Crippen LogP contribution in [-0.4, -0.2) is 17.4 Å². The Morgan fingerprint density at radius 1 is 1.07 bits per heavy atom. The molecular weight excluding hydrogens is 400 g/mol. The molecular formula is C23H37ClN4S. The fraction of sp³-hybridized carbons (Fsp3) is 0.652. The lowest BCUT2D eigenvalue weighted by Crippen LogP contribution is -2.41. The van der Waals surface area contributed by atoms with Crippen molar-refractivity contribution in [2.75, 3.05) is 4.90 Å². The second-order valence-electron chi connectivity index (χ2n) is 7.87. The highest BCUT2D eigenvalue weighted by Gasteiger charge is 2.27. The number of hydrogen-bond donors (Lipinski definition) is 2. The van der Waals surface area contributed by atoms with Gasteiger partial charge in [0.15, 0.2) is 0 Å². The maximum absolute atomic E-state index is 6.37. The summed E-state index contributed by atoms with van der Waals surface area (Å²) in [4.78, 5) is 2.15. The molecule has 29 heavy (non-hydrogen) atoms. The van der Waals surface area contributed by atoms with Gasteiger partial charge < -0.3 is 10.6 Å². The van der Waals surface area contributed by atoms with Crippen LogP contribution in [-0.2, 0) is 6.54 Å². The molecule has 0 saturated heterocycles. The van der Waals surface area contributed by atoms with Gasteiger partial charge in [-0.1, -0.05) is 101 Å². The molecule has 1 atom stereocenters. The molecule has 0 amide bonds. The number of thiocarbonyl (C=S) groups is 1. The lowest BCUT2D eigenvalue weighted by molar-refractivity contribution is 0.551. The van der Waals surface area contributed by atoms with Crippen LogP contribution < -0.4 is 16.1 Å². The van der Waals surface area contributed by atoms with Gasteiger partial charge in [-0.25, -0.2) is 0 Å². The van der Waals surface area contributed by atoms with Crippen molar-refractivity contribution in [3.05, 3.63) is 28.8 Å². The number of nitrogens with two attached hydrogens (primary N) is 1. The van der Waals surface area contributed by atoms with Gasteiger partial charge in [0.05, 0.1) is 0 Å². The minimum absolute atomic E-state index is 0.104. The molecule has 2 rings (SSSR count). The first-order chi connectivity index (χ1) is 14.2. The summed E-state index contributed by atoms with van der Waals surface area (Å²) in [5.41, 5.74) is 10.8. The van der Waals surface area contributed by atoms with Gasteiger partial charge in [-0.2, -0.15) is 5.10 Å². The molecule has 1 aromatic carbocycles. The summed E-state index contributed by atoms with van der Waals surface area (Å²) >= 11 is 11.6. The lowest BCUT2D eigenvalue weighted by atomic mass is 10.0. The predicted molar refractivity (Wildman–Crippen MR) is 131 cm³/mol. The molecule has 0 bridgehead atoms. The van der Waals surface area contributed by atoms with E-state index in [0.717, 1.165) is 29.9 Å². The molecule has 1 aliphatic rings. The molecule has 0 aliphatic carbocycles. The summed E-state index contributed by atoms with van der Waals surface area (Å²) in [5, 5.41) is 6.93. The Kier molecular flexibility index (Phi) is 11.6. The van der Waals surface area contributed by atoms with Crippen molar-refractivity contribution >= 4 is 40.7 Å². The Labute approximate surface area is 187 Å². The number of nitrogens with one attached hydrogen (secondary N) is 1. The Hall–Kier alpha value is -1.17. The van der Waals surface area contributed by atoms with E-state index in [4.69, 9.17) is 29.6 Å². The first-order valence-corrected chi connectivity index (χ1v) is 12.1. The number of amidine groups is 1. The number of unbranched alkanes of at least 4 members (excludes halogenated alkanes) is 10. The van der Waals surface area contributed by atoms with Gasteiger partial charge in [0, 0.05) is 29.0 Å². The summed E-state index contributed by atoms with van der Waals surface area (Å²) in [5.74, 6) is 1.03. The molecule has 1 unspecified atom stereocenters. The highest BCUT2D eigenvalue weighted by atomic mass is 35.5. The Morgan fingerprint density at radius 2 is 1.69 bits per heavy atom. The third-order valence-electron chi connectivity index (χ3n) is 5.55. The molecule has 6 heteroatoms. The summed E-state index contributed by atoms with van der Waals surface area (Å²) in [6.45, 7) is 2.71. The first-order valence-electron chi connectivity index (χ1n) is 11.3. The van der Waals surface area contributed by atoms with Gasteiger partial charge in [-0.15, -0.1) is 0 Å². The Balaban J connectivity index is 1.71. The van der Waals surface area contributed by atoms with Gasteiger partial charge in [0.2, 0.25) is 0 Å². The standard InChI is InChI=1S/C23H37ClN4S/c1-2-3-4-5-6-7-8-9-10-11-12-13-22-26-27-23(18-29)28(22)20-15-14-19(17-25)21(24)16-20/h14-16,18,23,27H,2-13,17,25H2,1H3. The second kappa shape index (κ2) is 13.9. The number of benzene rings is 1.